The highest BCUT2D eigenvalue weighted by Gasteiger charge is 2.32. The number of benzene rings is 1. The van der Waals surface area contributed by atoms with Crippen molar-refractivity contribution in [1.29, 1.82) is 0 Å². The van der Waals surface area contributed by atoms with Crippen molar-refractivity contribution in [2.75, 3.05) is 6.61 Å². The van der Waals surface area contributed by atoms with E-state index in [1.807, 2.05) is 37.4 Å². The number of carbonyl (C=O) groups excluding carboxylic acids is 1. The summed E-state index contributed by atoms with van der Waals surface area (Å²) in [6, 6.07) is 5.74. The monoisotopic (exact) mass is 361 g/mol. The second-order valence-corrected chi connectivity index (χ2v) is 7.66. The number of hydrogen-bond acceptors (Lipinski definition) is 6. The Bertz CT molecular complexity index is 754. The summed E-state index contributed by atoms with van der Waals surface area (Å²) in [6.45, 7) is 6.21. The van der Waals surface area contributed by atoms with Crippen LogP contribution in [0.15, 0.2) is 23.6 Å². The van der Waals surface area contributed by atoms with Gasteiger partial charge in [0, 0.05) is 17.4 Å². The van der Waals surface area contributed by atoms with Gasteiger partial charge in [0.1, 0.15) is 12.2 Å². The van der Waals surface area contributed by atoms with E-state index in [0.29, 0.717) is 5.75 Å². The summed E-state index contributed by atoms with van der Waals surface area (Å²) >= 11 is 1.60. The van der Waals surface area contributed by atoms with E-state index >= 15 is 0 Å². The van der Waals surface area contributed by atoms with Crippen molar-refractivity contribution in [1.82, 2.24) is 4.98 Å². The largest absolute Gasteiger partial charge is 0.483 e. The molecule has 0 aliphatic carbocycles. The molecule has 5 nitrogen and oxygen atoms in total. The van der Waals surface area contributed by atoms with E-state index in [4.69, 9.17) is 14.2 Å². The molecule has 6 heteroatoms. The van der Waals surface area contributed by atoms with Gasteiger partial charge in [-0.05, 0) is 32.8 Å². The molecule has 0 radical (unpaired) electrons. The van der Waals surface area contributed by atoms with Crippen molar-refractivity contribution in [2.45, 2.75) is 52.2 Å². The zero-order chi connectivity index (χ0) is 17.9. The number of esters is 1. The van der Waals surface area contributed by atoms with Crippen LogP contribution in [0, 0.1) is 0 Å². The van der Waals surface area contributed by atoms with Gasteiger partial charge in [-0.25, -0.2) is 9.78 Å². The summed E-state index contributed by atoms with van der Waals surface area (Å²) < 4.78 is 16.8. The Morgan fingerprint density at radius 3 is 3.04 bits per heavy atom. The molecule has 0 saturated carbocycles. The van der Waals surface area contributed by atoms with Crippen molar-refractivity contribution in [3.63, 3.8) is 0 Å². The molecule has 0 bridgehead atoms. The van der Waals surface area contributed by atoms with E-state index in [-0.39, 0.29) is 18.8 Å². The first-order chi connectivity index (χ1) is 12.0. The van der Waals surface area contributed by atoms with E-state index < -0.39 is 5.97 Å². The zero-order valence-electron chi connectivity index (χ0n) is 14.8. The molecular weight excluding hydrogens is 338 g/mol. The summed E-state index contributed by atoms with van der Waals surface area (Å²) in [5, 5.41) is 3.00. The maximum atomic E-state index is 11.9. The van der Waals surface area contributed by atoms with E-state index in [9.17, 15) is 4.79 Å². The molecule has 0 saturated heterocycles. The molecule has 0 fully saturated rings. The van der Waals surface area contributed by atoms with Crippen LogP contribution in [-0.4, -0.2) is 23.2 Å². The number of hydrogen-bond donors (Lipinski definition) is 0. The van der Waals surface area contributed by atoms with E-state index in [1.54, 1.807) is 11.3 Å². The molecule has 1 aromatic carbocycles. The van der Waals surface area contributed by atoms with Crippen LogP contribution in [0.5, 0.6) is 11.5 Å². The van der Waals surface area contributed by atoms with Crippen molar-refractivity contribution in [3.05, 3.63) is 39.8 Å². The van der Waals surface area contributed by atoms with E-state index in [0.717, 1.165) is 41.3 Å². The molecule has 1 aliphatic heterocycles. The summed E-state index contributed by atoms with van der Waals surface area (Å²) in [5.74, 6) is 0.892. The second-order valence-electron chi connectivity index (χ2n) is 6.71. The van der Waals surface area contributed by atoms with Gasteiger partial charge in [0.15, 0.2) is 18.1 Å². The van der Waals surface area contributed by atoms with Crippen LogP contribution in [0.25, 0.3) is 0 Å². The van der Waals surface area contributed by atoms with Crippen molar-refractivity contribution < 1.29 is 19.0 Å². The number of thiazole rings is 1. The van der Waals surface area contributed by atoms with Crippen LogP contribution >= 0.6 is 11.3 Å². The molecular formula is C19H23NO4S. The summed E-state index contributed by atoms with van der Waals surface area (Å²) in [4.78, 5) is 16.4. The van der Waals surface area contributed by atoms with Gasteiger partial charge in [-0.2, -0.15) is 0 Å². The lowest BCUT2D eigenvalue weighted by molar-refractivity contribution is -0.147. The Hall–Kier alpha value is -2.08. The number of aryl methyl sites for hydroxylation is 1. The lowest BCUT2D eigenvalue weighted by Gasteiger charge is -2.18. The van der Waals surface area contributed by atoms with Crippen molar-refractivity contribution in [2.24, 2.45) is 0 Å². The maximum Gasteiger partial charge on any atom is 0.344 e. The predicted octanol–water partition coefficient (Wildman–Crippen LogP) is 3.93. The Morgan fingerprint density at radius 1 is 1.40 bits per heavy atom. The Kier molecular flexibility index (Phi) is 5.27. The van der Waals surface area contributed by atoms with Crippen molar-refractivity contribution >= 4 is 17.3 Å². The first kappa shape index (κ1) is 17.7. The zero-order valence-corrected chi connectivity index (χ0v) is 15.6. The molecule has 1 aromatic heterocycles. The minimum atomic E-state index is -0.417. The quantitative estimate of drug-likeness (QED) is 0.699. The number of rotatable bonds is 7. The minimum absolute atomic E-state index is 0.147. The van der Waals surface area contributed by atoms with Gasteiger partial charge in [0.05, 0.1) is 10.7 Å². The molecule has 2 heterocycles. The standard InChI is InChI=1S/C19H23NO4S/c1-4-6-16-20-14(12-25-16)10-23-17(21)11-22-15-8-5-7-13-9-19(2,3)24-18(13)15/h5,7-8,12H,4,6,9-11H2,1-3H3. The van der Waals surface area contributed by atoms with Gasteiger partial charge >= 0.3 is 5.97 Å². The lowest BCUT2D eigenvalue weighted by atomic mass is 10.0. The second kappa shape index (κ2) is 7.44. The van der Waals surface area contributed by atoms with Crippen LogP contribution in [0.3, 0.4) is 0 Å². The Balaban J connectivity index is 1.51. The highest BCUT2D eigenvalue weighted by molar-refractivity contribution is 7.09. The average Bonchev–Trinajstić information content (AvgIpc) is 3.13. The molecule has 134 valence electrons. The highest BCUT2D eigenvalue weighted by Crippen LogP contribution is 2.41. The van der Waals surface area contributed by atoms with Crippen molar-refractivity contribution in [3.8, 4) is 11.5 Å². The molecule has 0 amide bonds. The lowest BCUT2D eigenvalue weighted by Crippen LogP contribution is -2.24. The van der Waals surface area contributed by atoms with Crippen LogP contribution in [0.2, 0.25) is 0 Å². The normalized spacial score (nSPS) is 14.7. The first-order valence-electron chi connectivity index (χ1n) is 8.49. The number of aromatic nitrogens is 1. The van der Waals surface area contributed by atoms with Crippen LogP contribution in [0.4, 0.5) is 0 Å². The maximum absolute atomic E-state index is 11.9. The van der Waals surface area contributed by atoms with Gasteiger partial charge in [-0.15, -0.1) is 11.3 Å². The van der Waals surface area contributed by atoms with E-state index in [2.05, 4.69) is 11.9 Å². The molecule has 25 heavy (non-hydrogen) atoms. The van der Waals surface area contributed by atoms with Gasteiger partial charge < -0.3 is 14.2 Å². The first-order valence-corrected chi connectivity index (χ1v) is 9.37. The van der Waals surface area contributed by atoms with Gasteiger partial charge in [0.2, 0.25) is 0 Å². The topological polar surface area (TPSA) is 57.7 Å². The smallest absolute Gasteiger partial charge is 0.344 e. The molecule has 0 unspecified atom stereocenters. The molecule has 0 N–H and O–H groups in total. The van der Waals surface area contributed by atoms with Crippen LogP contribution < -0.4 is 9.47 Å². The third kappa shape index (κ3) is 4.51. The summed E-state index contributed by atoms with van der Waals surface area (Å²) in [6.07, 6.45) is 2.84. The minimum Gasteiger partial charge on any atom is -0.483 e. The van der Waals surface area contributed by atoms with E-state index in [1.165, 1.54) is 0 Å². The van der Waals surface area contributed by atoms with Crippen LogP contribution in [0.1, 0.15) is 43.5 Å². The average molecular weight is 361 g/mol. The number of ether oxygens (including phenoxy) is 3. The molecule has 2 aromatic rings. The fraction of sp³-hybridized carbons (Fsp3) is 0.474. The highest BCUT2D eigenvalue weighted by atomic mass is 32.1. The number of fused-ring (bicyclic) bond motifs is 1. The summed E-state index contributed by atoms with van der Waals surface area (Å²) in [5.41, 5.74) is 1.64. The van der Waals surface area contributed by atoms with Gasteiger partial charge in [-0.3, -0.25) is 0 Å². The Morgan fingerprint density at radius 2 is 2.24 bits per heavy atom. The molecule has 0 atom stereocenters. The third-order valence-electron chi connectivity index (χ3n) is 3.84. The summed E-state index contributed by atoms with van der Waals surface area (Å²) in [7, 11) is 0. The molecule has 3 rings (SSSR count). The van der Waals surface area contributed by atoms with Gasteiger partial charge in [-0.1, -0.05) is 19.1 Å². The number of nitrogens with zero attached hydrogens (tertiary/aromatic N) is 1. The third-order valence-corrected chi connectivity index (χ3v) is 4.80. The fourth-order valence-corrected chi connectivity index (χ4v) is 3.66. The van der Waals surface area contributed by atoms with Crippen LogP contribution in [-0.2, 0) is 29.0 Å². The SMILES string of the molecule is CCCc1nc(COC(=O)COc2cccc3c2OC(C)(C)C3)cs1. The fourth-order valence-electron chi connectivity index (χ4n) is 2.78. The number of para-hydroxylation sites is 1. The van der Waals surface area contributed by atoms with Gasteiger partial charge in [0.25, 0.3) is 0 Å². The molecule has 1 aliphatic rings. The number of carbonyl (C=O) groups is 1. The molecule has 0 spiro atoms. The predicted molar refractivity (Wildman–Crippen MR) is 96.3 cm³/mol. The Labute approximate surface area is 151 Å².